The zero-order chi connectivity index (χ0) is 21.4. The van der Waals surface area contributed by atoms with Gasteiger partial charge in [-0.25, -0.2) is 0 Å². The van der Waals surface area contributed by atoms with Crippen LogP contribution in [0.2, 0.25) is 0 Å². The molecule has 3 nitrogen and oxygen atoms in total. The molecule has 0 aliphatic carbocycles. The van der Waals surface area contributed by atoms with Gasteiger partial charge in [0.05, 0.1) is 14.2 Å². The number of hydrogen-bond donors (Lipinski definition) is 1. The summed E-state index contributed by atoms with van der Waals surface area (Å²) in [6, 6.07) is 27.1. The quantitative estimate of drug-likeness (QED) is 0.266. The maximum Gasteiger partial charge on any atom is 0.203 e. The molecule has 1 aromatic heterocycles. The summed E-state index contributed by atoms with van der Waals surface area (Å²) in [5.41, 5.74) is 4.60. The Morgan fingerprint density at radius 1 is 0.719 bits per heavy atom. The molecule has 1 heterocycles. The lowest BCUT2D eigenvalue weighted by molar-refractivity contribution is 0.331. The lowest BCUT2D eigenvalue weighted by atomic mass is 9.91. The molecule has 0 radical (unpaired) electrons. The van der Waals surface area contributed by atoms with Gasteiger partial charge in [-0.15, -0.1) is 28.3 Å². The number of aromatic hydroxyl groups is 1. The van der Waals surface area contributed by atoms with Crippen molar-refractivity contribution in [2.75, 3.05) is 14.2 Å². The Balaban J connectivity index is 0.00000245. The Morgan fingerprint density at radius 3 is 2.16 bits per heavy atom. The van der Waals surface area contributed by atoms with E-state index < -0.39 is 0 Å². The molecule has 32 heavy (non-hydrogen) atoms. The summed E-state index contributed by atoms with van der Waals surface area (Å²) in [5, 5.41) is 12.7. The second-order valence-corrected chi connectivity index (χ2v) is 8.51. The molecule has 0 bridgehead atoms. The van der Waals surface area contributed by atoms with Crippen LogP contribution in [0.15, 0.2) is 78.9 Å². The van der Waals surface area contributed by atoms with Crippen molar-refractivity contribution in [1.82, 2.24) is 0 Å². The van der Waals surface area contributed by atoms with Crippen molar-refractivity contribution in [3.8, 4) is 28.4 Å². The first kappa shape index (κ1) is 22.2. The summed E-state index contributed by atoms with van der Waals surface area (Å²) >= 11 is 1.82. The summed E-state index contributed by atoms with van der Waals surface area (Å²) in [6.45, 7) is 0. The molecule has 0 aliphatic rings. The van der Waals surface area contributed by atoms with Crippen LogP contribution in [-0.4, -0.2) is 19.3 Å². The average molecular weight is 507 g/mol. The third-order valence-electron chi connectivity index (χ3n) is 5.65. The molecule has 0 saturated heterocycles. The van der Waals surface area contributed by atoms with Gasteiger partial charge in [-0.3, -0.25) is 0 Å². The van der Waals surface area contributed by atoms with Crippen LogP contribution < -0.4 is 9.47 Å². The number of phenols is 1. The predicted octanol–water partition coefficient (Wildman–Crippen LogP) is 7.61. The van der Waals surface area contributed by atoms with Gasteiger partial charge in [0.25, 0.3) is 0 Å². The van der Waals surface area contributed by atoms with Gasteiger partial charge < -0.3 is 14.6 Å². The van der Waals surface area contributed by atoms with Crippen molar-refractivity contribution in [2.45, 2.75) is 6.42 Å². The van der Waals surface area contributed by atoms with E-state index in [1.165, 1.54) is 36.9 Å². The number of rotatable bonds is 5. The molecule has 162 valence electrons. The molecule has 0 spiro atoms. The lowest BCUT2D eigenvalue weighted by Gasteiger charge is -2.17. The number of methoxy groups -OCH3 is 2. The second-order valence-electron chi connectivity index (χ2n) is 7.42. The van der Waals surface area contributed by atoms with E-state index in [9.17, 15) is 5.11 Å². The molecule has 0 aliphatic heterocycles. The van der Waals surface area contributed by atoms with Crippen molar-refractivity contribution in [1.29, 1.82) is 0 Å². The Bertz CT molecular complexity index is 1390. The number of phenolic OH excluding ortho intramolecular Hbond substituents is 1. The fourth-order valence-corrected chi connectivity index (χ4v) is 5.41. The maximum absolute atomic E-state index is 10.2. The van der Waals surface area contributed by atoms with Crippen LogP contribution in [0.3, 0.4) is 0 Å². The largest absolute Gasteiger partial charge is 0.504 e. The lowest BCUT2D eigenvalue weighted by Crippen LogP contribution is -1.99. The standard InChI is InChI=1S/C27H22O3S.BrH/c1-29-26-19(12-14-21(28)27(26)30-2)16-18-13-15-23-25(20-10-6-7-11-22(20)31-23)24(18)17-8-4-3-5-9-17;/h3-15,28H,16H2,1-2H3;1H. The number of benzene rings is 4. The first-order valence-corrected chi connectivity index (χ1v) is 10.9. The molecular weight excluding hydrogens is 484 g/mol. The first-order valence-electron chi connectivity index (χ1n) is 10.1. The first-order chi connectivity index (χ1) is 15.2. The topological polar surface area (TPSA) is 38.7 Å². The Morgan fingerprint density at radius 2 is 1.41 bits per heavy atom. The van der Waals surface area contributed by atoms with Gasteiger partial charge in [0.1, 0.15) is 0 Å². The molecule has 5 rings (SSSR count). The molecule has 0 atom stereocenters. The number of ether oxygens (including phenoxy) is 2. The highest BCUT2D eigenvalue weighted by Crippen LogP contribution is 2.44. The van der Waals surface area contributed by atoms with Crippen LogP contribution >= 0.6 is 28.3 Å². The molecular formula is C27H23BrO3S. The normalized spacial score (nSPS) is 10.8. The van der Waals surface area contributed by atoms with E-state index in [0.717, 1.165) is 5.56 Å². The molecule has 0 fully saturated rings. The molecule has 0 unspecified atom stereocenters. The summed E-state index contributed by atoms with van der Waals surface area (Å²) in [6.07, 6.45) is 0.657. The van der Waals surface area contributed by atoms with Crippen LogP contribution in [0, 0.1) is 0 Å². The molecule has 0 amide bonds. The second kappa shape index (κ2) is 9.23. The summed E-state index contributed by atoms with van der Waals surface area (Å²) in [4.78, 5) is 0. The van der Waals surface area contributed by atoms with Crippen molar-refractivity contribution >= 4 is 48.5 Å². The van der Waals surface area contributed by atoms with E-state index in [-0.39, 0.29) is 22.7 Å². The predicted molar refractivity (Wildman–Crippen MR) is 139 cm³/mol. The highest BCUT2D eigenvalue weighted by molar-refractivity contribution is 8.93. The van der Waals surface area contributed by atoms with E-state index in [4.69, 9.17) is 9.47 Å². The van der Waals surface area contributed by atoms with E-state index >= 15 is 0 Å². The summed E-state index contributed by atoms with van der Waals surface area (Å²) in [5.74, 6) is 1.01. The maximum atomic E-state index is 10.2. The van der Waals surface area contributed by atoms with E-state index in [2.05, 4.69) is 60.7 Å². The number of fused-ring (bicyclic) bond motifs is 3. The van der Waals surface area contributed by atoms with Crippen molar-refractivity contribution in [2.24, 2.45) is 0 Å². The van der Waals surface area contributed by atoms with Gasteiger partial charge in [-0.2, -0.15) is 0 Å². The van der Waals surface area contributed by atoms with Gasteiger partial charge >= 0.3 is 0 Å². The summed E-state index contributed by atoms with van der Waals surface area (Å²) in [7, 11) is 3.15. The fourth-order valence-electron chi connectivity index (χ4n) is 4.30. The Labute approximate surface area is 201 Å². The number of hydrogen-bond acceptors (Lipinski definition) is 4. The van der Waals surface area contributed by atoms with Crippen LogP contribution in [0.1, 0.15) is 11.1 Å². The van der Waals surface area contributed by atoms with E-state index in [0.29, 0.717) is 17.9 Å². The number of thiophene rings is 1. The smallest absolute Gasteiger partial charge is 0.203 e. The van der Waals surface area contributed by atoms with Gasteiger partial charge in [-0.05, 0) is 34.9 Å². The SMILES string of the molecule is Br.COc1c(O)ccc(Cc2ccc3sc4ccccc4c3c2-c2ccccc2)c1OC. The number of halogens is 1. The zero-order valence-corrected chi connectivity index (χ0v) is 20.3. The molecule has 5 aromatic rings. The molecule has 4 aromatic carbocycles. The van der Waals surface area contributed by atoms with Crippen LogP contribution in [0.4, 0.5) is 0 Å². The average Bonchev–Trinajstić information content (AvgIpc) is 3.19. The highest BCUT2D eigenvalue weighted by atomic mass is 79.9. The third-order valence-corrected chi connectivity index (χ3v) is 6.79. The van der Waals surface area contributed by atoms with E-state index in [1.807, 2.05) is 23.5 Å². The van der Waals surface area contributed by atoms with Crippen LogP contribution in [0.5, 0.6) is 17.2 Å². The Kier molecular flexibility index (Phi) is 6.40. The van der Waals surface area contributed by atoms with Crippen LogP contribution in [-0.2, 0) is 6.42 Å². The van der Waals surface area contributed by atoms with Crippen LogP contribution in [0.25, 0.3) is 31.3 Å². The van der Waals surface area contributed by atoms with Crippen molar-refractivity contribution in [3.05, 3.63) is 90.0 Å². The summed E-state index contributed by atoms with van der Waals surface area (Å²) < 4.78 is 13.6. The van der Waals surface area contributed by atoms with Gasteiger partial charge in [0.15, 0.2) is 11.5 Å². The van der Waals surface area contributed by atoms with Gasteiger partial charge in [0.2, 0.25) is 5.75 Å². The monoisotopic (exact) mass is 506 g/mol. The molecule has 5 heteroatoms. The van der Waals surface area contributed by atoms with Crippen molar-refractivity contribution < 1.29 is 14.6 Å². The molecule has 1 N–H and O–H groups in total. The molecule has 0 saturated carbocycles. The minimum absolute atomic E-state index is 0. The minimum Gasteiger partial charge on any atom is -0.504 e. The third kappa shape index (κ3) is 3.72. The van der Waals surface area contributed by atoms with Gasteiger partial charge in [0, 0.05) is 32.2 Å². The van der Waals surface area contributed by atoms with E-state index in [1.54, 1.807) is 20.3 Å². The Hall–Kier alpha value is -3.02. The fraction of sp³-hybridized carbons (Fsp3) is 0.111. The van der Waals surface area contributed by atoms with Gasteiger partial charge in [-0.1, -0.05) is 60.7 Å². The highest BCUT2D eigenvalue weighted by Gasteiger charge is 2.19. The minimum atomic E-state index is 0. The van der Waals surface area contributed by atoms with Crippen molar-refractivity contribution in [3.63, 3.8) is 0 Å². The zero-order valence-electron chi connectivity index (χ0n) is 17.8.